The lowest BCUT2D eigenvalue weighted by Crippen LogP contribution is -2.10. The van der Waals surface area contributed by atoms with E-state index in [1.54, 1.807) is 6.07 Å². The Morgan fingerprint density at radius 3 is 2.52 bits per heavy atom. The second kappa shape index (κ2) is 7.43. The van der Waals surface area contributed by atoms with Crippen molar-refractivity contribution in [3.05, 3.63) is 87.3 Å². The van der Waals surface area contributed by atoms with Gasteiger partial charge in [-0.3, -0.25) is 14.6 Å². The van der Waals surface area contributed by atoms with Gasteiger partial charge in [0.25, 0.3) is 5.56 Å². The Kier molecular flexibility index (Phi) is 5.08. The summed E-state index contributed by atoms with van der Waals surface area (Å²) < 4.78 is 7.81. The van der Waals surface area contributed by atoms with Gasteiger partial charge in [0, 0.05) is 11.8 Å². The van der Waals surface area contributed by atoms with Crippen LogP contribution in [0, 0.1) is 6.92 Å². The first-order valence-electron chi connectivity index (χ1n) is 8.59. The van der Waals surface area contributed by atoms with Crippen molar-refractivity contribution in [2.45, 2.75) is 39.8 Å². The number of hydrogen-bond acceptors (Lipinski definition) is 2. The predicted molar refractivity (Wildman–Crippen MR) is 100 cm³/mol. The molecule has 0 spiro atoms. The van der Waals surface area contributed by atoms with Crippen molar-refractivity contribution in [2.75, 3.05) is 0 Å². The van der Waals surface area contributed by atoms with Gasteiger partial charge in [0.05, 0.1) is 6.54 Å². The van der Waals surface area contributed by atoms with Crippen molar-refractivity contribution >= 4 is 0 Å². The van der Waals surface area contributed by atoms with Crippen LogP contribution in [0.15, 0.2) is 59.4 Å². The van der Waals surface area contributed by atoms with E-state index < -0.39 is 0 Å². The Bertz CT molecular complexity index is 892. The van der Waals surface area contributed by atoms with Crippen molar-refractivity contribution in [2.24, 2.45) is 0 Å². The number of nitrogens with one attached hydrogen (secondary N) is 1. The molecule has 0 bridgehead atoms. The largest absolute Gasteiger partial charge is 0.489 e. The highest BCUT2D eigenvalue weighted by Crippen LogP contribution is 2.20. The summed E-state index contributed by atoms with van der Waals surface area (Å²) in [5, 5.41) is 2.89. The number of H-pyrrole nitrogens is 1. The third kappa shape index (κ3) is 4.21. The number of aromatic amines is 1. The van der Waals surface area contributed by atoms with Gasteiger partial charge >= 0.3 is 0 Å². The molecule has 0 saturated heterocycles. The van der Waals surface area contributed by atoms with Gasteiger partial charge in [-0.25, -0.2) is 0 Å². The summed E-state index contributed by atoms with van der Waals surface area (Å²) in [6.07, 6.45) is 0. The highest BCUT2D eigenvalue weighted by Gasteiger charge is 2.10. The van der Waals surface area contributed by atoms with E-state index in [2.05, 4.69) is 50.1 Å². The average molecular weight is 336 g/mol. The fraction of sp³-hybridized carbons (Fsp3) is 0.286. The van der Waals surface area contributed by atoms with Crippen LogP contribution in [0.2, 0.25) is 0 Å². The SMILES string of the molecule is Cc1cc(OCc2ccccc2)ccc1Cn1[nH]c(=O)cc1C(C)C. The number of hydrogen-bond donors (Lipinski definition) is 1. The Morgan fingerprint density at radius 1 is 1.08 bits per heavy atom. The fourth-order valence-electron chi connectivity index (χ4n) is 2.90. The standard InChI is InChI=1S/C21H24N2O2/c1-15(2)20-12-21(24)22-23(20)13-18-9-10-19(11-16(18)3)25-14-17-7-5-4-6-8-17/h4-12,15H,13-14H2,1-3H3,(H,22,24). The van der Waals surface area contributed by atoms with E-state index in [0.717, 1.165) is 22.6 Å². The molecule has 1 heterocycles. The van der Waals surface area contributed by atoms with Crippen LogP contribution in [0.3, 0.4) is 0 Å². The maximum atomic E-state index is 11.7. The first kappa shape index (κ1) is 17.1. The molecule has 2 aromatic carbocycles. The molecule has 1 N–H and O–H groups in total. The zero-order valence-electron chi connectivity index (χ0n) is 15.0. The van der Waals surface area contributed by atoms with Crippen LogP contribution in [-0.4, -0.2) is 9.78 Å². The van der Waals surface area contributed by atoms with Crippen molar-refractivity contribution in [1.82, 2.24) is 9.78 Å². The Hall–Kier alpha value is -2.75. The maximum absolute atomic E-state index is 11.7. The van der Waals surface area contributed by atoms with Crippen LogP contribution >= 0.6 is 0 Å². The van der Waals surface area contributed by atoms with Crippen LogP contribution in [0.25, 0.3) is 0 Å². The average Bonchev–Trinajstić information content (AvgIpc) is 2.97. The molecule has 0 fully saturated rings. The number of ether oxygens (including phenoxy) is 1. The highest BCUT2D eigenvalue weighted by atomic mass is 16.5. The van der Waals surface area contributed by atoms with E-state index in [1.165, 1.54) is 5.56 Å². The number of benzene rings is 2. The summed E-state index contributed by atoms with van der Waals surface area (Å²) in [5.41, 5.74) is 4.43. The maximum Gasteiger partial charge on any atom is 0.264 e. The number of nitrogens with zero attached hydrogens (tertiary/aromatic N) is 1. The molecule has 0 aliphatic rings. The Balaban J connectivity index is 1.73. The van der Waals surface area contributed by atoms with Gasteiger partial charge in [0.1, 0.15) is 12.4 Å². The predicted octanol–water partition coefficient (Wildman–Crippen LogP) is 4.24. The zero-order valence-corrected chi connectivity index (χ0v) is 15.0. The van der Waals surface area contributed by atoms with Gasteiger partial charge in [0.2, 0.25) is 0 Å². The lowest BCUT2D eigenvalue weighted by Gasteiger charge is -2.14. The molecule has 0 unspecified atom stereocenters. The zero-order chi connectivity index (χ0) is 17.8. The fourth-order valence-corrected chi connectivity index (χ4v) is 2.90. The molecule has 0 radical (unpaired) electrons. The topological polar surface area (TPSA) is 47.0 Å². The normalized spacial score (nSPS) is 11.0. The third-order valence-electron chi connectivity index (χ3n) is 4.32. The summed E-state index contributed by atoms with van der Waals surface area (Å²) in [7, 11) is 0. The number of rotatable bonds is 6. The van der Waals surface area contributed by atoms with E-state index in [4.69, 9.17) is 4.74 Å². The number of aryl methyl sites for hydroxylation is 1. The summed E-state index contributed by atoms with van der Waals surface area (Å²) in [6.45, 7) is 7.46. The lowest BCUT2D eigenvalue weighted by molar-refractivity contribution is 0.306. The van der Waals surface area contributed by atoms with E-state index in [0.29, 0.717) is 19.1 Å². The smallest absolute Gasteiger partial charge is 0.264 e. The quantitative estimate of drug-likeness (QED) is 0.732. The molecule has 4 nitrogen and oxygen atoms in total. The molecule has 4 heteroatoms. The van der Waals surface area contributed by atoms with E-state index in [1.807, 2.05) is 28.9 Å². The summed E-state index contributed by atoms with van der Waals surface area (Å²) >= 11 is 0. The van der Waals surface area contributed by atoms with Gasteiger partial charge in [0.15, 0.2) is 0 Å². The van der Waals surface area contributed by atoms with Gasteiger partial charge in [-0.1, -0.05) is 50.2 Å². The van der Waals surface area contributed by atoms with Crippen molar-refractivity contribution < 1.29 is 4.74 Å². The Morgan fingerprint density at radius 2 is 1.84 bits per heavy atom. The van der Waals surface area contributed by atoms with Crippen LogP contribution in [0.5, 0.6) is 5.75 Å². The minimum Gasteiger partial charge on any atom is -0.489 e. The second-order valence-electron chi connectivity index (χ2n) is 6.65. The Labute approximate surface area is 148 Å². The minimum absolute atomic E-state index is 0.0517. The van der Waals surface area contributed by atoms with Gasteiger partial charge in [-0.2, -0.15) is 0 Å². The highest BCUT2D eigenvalue weighted by molar-refractivity contribution is 5.35. The first-order valence-corrected chi connectivity index (χ1v) is 8.59. The molecule has 3 aromatic rings. The van der Waals surface area contributed by atoms with Crippen molar-refractivity contribution in [3.8, 4) is 5.75 Å². The molecule has 0 saturated carbocycles. The third-order valence-corrected chi connectivity index (χ3v) is 4.32. The van der Waals surface area contributed by atoms with E-state index in [9.17, 15) is 4.79 Å². The molecule has 0 amide bonds. The van der Waals surface area contributed by atoms with E-state index in [-0.39, 0.29) is 5.56 Å². The molecule has 0 aliphatic heterocycles. The minimum atomic E-state index is -0.0517. The molecule has 1 aromatic heterocycles. The van der Waals surface area contributed by atoms with Gasteiger partial charge in [-0.05, 0) is 41.7 Å². The molecular formula is C21H24N2O2. The molecule has 0 aliphatic carbocycles. The van der Waals surface area contributed by atoms with Crippen LogP contribution in [0.1, 0.15) is 42.1 Å². The van der Waals surface area contributed by atoms with Crippen LogP contribution < -0.4 is 10.3 Å². The summed E-state index contributed by atoms with van der Waals surface area (Å²) in [5.74, 6) is 1.16. The summed E-state index contributed by atoms with van der Waals surface area (Å²) in [4.78, 5) is 11.7. The second-order valence-corrected chi connectivity index (χ2v) is 6.65. The lowest BCUT2D eigenvalue weighted by atomic mass is 10.1. The molecule has 3 rings (SSSR count). The van der Waals surface area contributed by atoms with Crippen molar-refractivity contribution in [1.29, 1.82) is 0 Å². The number of aromatic nitrogens is 2. The van der Waals surface area contributed by atoms with Crippen LogP contribution in [0.4, 0.5) is 0 Å². The molecular weight excluding hydrogens is 312 g/mol. The van der Waals surface area contributed by atoms with Gasteiger partial charge < -0.3 is 4.74 Å². The van der Waals surface area contributed by atoms with Gasteiger partial charge in [-0.15, -0.1) is 0 Å². The van der Waals surface area contributed by atoms with Crippen LogP contribution in [-0.2, 0) is 13.2 Å². The monoisotopic (exact) mass is 336 g/mol. The molecule has 130 valence electrons. The molecule has 25 heavy (non-hydrogen) atoms. The van der Waals surface area contributed by atoms with E-state index >= 15 is 0 Å². The first-order chi connectivity index (χ1) is 12.0. The van der Waals surface area contributed by atoms with Crippen molar-refractivity contribution in [3.63, 3.8) is 0 Å². The molecule has 0 atom stereocenters. The summed E-state index contributed by atoms with van der Waals surface area (Å²) in [6, 6.07) is 17.9.